The van der Waals surface area contributed by atoms with Gasteiger partial charge in [-0.15, -0.1) is 0 Å². The zero-order chi connectivity index (χ0) is 14.3. The second-order valence-electron chi connectivity index (χ2n) is 4.55. The van der Waals surface area contributed by atoms with Crippen LogP contribution in [0.4, 0.5) is 5.82 Å². The Morgan fingerprint density at radius 3 is 2.75 bits per heavy atom. The van der Waals surface area contributed by atoms with Crippen molar-refractivity contribution in [1.82, 2.24) is 9.97 Å². The van der Waals surface area contributed by atoms with E-state index in [1.54, 1.807) is 6.07 Å². The Hall–Kier alpha value is -2.83. The van der Waals surface area contributed by atoms with Gasteiger partial charge >= 0.3 is 0 Å². The van der Waals surface area contributed by atoms with E-state index < -0.39 is 5.92 Å². The second-order valence-corrected chi connectivity index (χ2v) is 4.55. The molecule has 0 fully saturated rings. The van der Waals surface area contributed by atoms with Gasteiger partial charge in [0, 0.05) is 12.3 Å². The molecule has 0 aliphatic carbocycles. The molecule has 1 atom stereocenters. The Kier molecular flexibility index (Phi) is 2.67. The minimum Gasteiger partial charge on any atom is -0.504 e. The highest BCUT2D eigenvalue weighted by molar-refractivity contribution is 5.94. The Labute approximate surface area is 112 Å². The highest BCUT2D eigenvalue weighted by atomic mass is 16.3. The average molecular weight is 273 g/mol. The van der Waals surface area contributed by atoms with Crippen LogP contribution in [-0.4, -0.2) is 26.1 Å². The molecular formula is C13H11N3O4. The van der Waals surface area contributed by atoms with E-state index in [1.165, 1.54) is 18.5 Å². The lowest BCUT2D eigenvalue weighted by Gasteiger charge is -2.23. The molecule has 0 saturated heterocycles. The summed E-state index contributed by atoms with van der Waals surface area (Å²) in [6.07, 6.45) is 1.30. The van der Waals surface area contributed by atoms with Gasteiger partial charge in [0.2, 0.25) is 5.91 Å². The van der Waals surface area contributed by atoms with Crippen molar-refractivity contribution in [3.63, 3.8) is 0 Å². The van der Waals surface area contributed by atoms with E-state index in [9.17, 15) is 19.8 Å². The van der Waals surface area contributed by atoms with Crippen LogP contribution in [0.5, 0.6) is 11.5 Å². The number of carbonyl (C=O) groups excluding carboxylic acids is 1. The van der Waals surface area contributed by atoms with Gasteiger partial charge in [0.25, 0.3) is 5.56 Å². The van der Waals surface area contributed by atoms with Crippen LogP contribution >= 0.6 is 0 Å². The first-order valence-electron chi connectivity index (χ1n) is 5.95. The van der Waals surface area contributed by atoms with Crippen LogP contribution in [0, 0.1) is 0 Å². The highest BCUT2D eigenvalue weighted by Crippen LogP contribution is 2.36. The minimum absolute atomic E-state index is 0.0754. The van der Waals surface area contributed by atoms with Crippen LogP contribution in [-0.2, 0) is 4.79 Å². The zero-order valence-electron chi connectivity index (χ0n) is 10.3. The second kappa shape index (κ2) is 4.37. The van der Waals surface area contributed by atoms with E-state index in [0.29, 0.717) is 11.1 Å². The van der Waals surface area contributed by atoms with Gasteiger partial charge in [-0.3, -0.25) is 9.59 Å². The number of nitrogens with zero attached hydrogens (tertiary/aromatic N) is 1. The summed E-state index contributed by atoms with van der Waals surface area (Å²) in [7, 11) is 0. The van der Waals surface area contributed by atoms with Crippen LogP contribution in [0.1, 0.15) is 23.5 Å². The van der Waals surface area contributed by atoms with E-state index in [1.807, 2.05) is 0 Å². The molecule has 1 amide bonds. The number of nitrogens with one attached hydrogen (secondary N) is 2. The normalized spacial score (nSPS) is 17.4. The van der Waals surface area contributed by atoms with Crippen LogP contribution < -0.4 is 10.9 Å². The van der Waals surface area contributed by atoms with Crippen molar-refractivity contribution in [2.24, 2.45) is 0 Å². The van der Waals surface area contributed by atoms with Crippen molar-refractivity contribution in [3.05, 3.63) is 46.0 Å². The number of fused-ring (bicyclic) bond motifs is 1. The molecule has 1 aromatic heterocycles. The largest absolute Gasteiger partial charge is 0.504 e. The van der Waals surface area contributed by atoms with Crippen LogP contribution in [0.3, 0.4) is 0 Å². The summed E-state index contributed by atoms with van der Waals surface area (Å²) < 4.78 is 0. The number of hydrogen-bond acceptors (Lipinski definition) is 5. The molecule has 1 aliphatic heterocycles. The van der Waals surface area contributed by atoms with Crippen LogP contribution in [0.25, 0.3) is 0 Å². The number of aromatic nitrogens is 2. The molecule has 7 nitrogen and oxygen atoms in total. The number of aromatic amines is 1. The molecule has 2 aromatic rings. The number of aromatic hydroxyl groups is 2. The maximum absolute atomic E-state index is 11.9. The number of amides is 1. The van der Waals surface area contributed by atoms with Gasteiger partial charge < -0.3 is 20.5 Å². The van der Waals surface area contributed by atoms with Gasteiger partial charge in [0.1, 0.15) is 5.82 Å². The summed E-state index contributed by atoms with van der Waals surface area (Å²) in [4.78, 5) is 30.1. The number of phenols is 2. The molecule has 7 heteroatoms. The van der Waals surface area contributed by atoms with E-state index in [4.69, 9.17) is 0 Å². The number of phenolic OH excluding ortho intramolecular Hbond substituents is 2. The molecule has 20 heavy (non-hydrogen) atoms. The summed E-state index contributed by atoms with van der Waals surface area (Å²) in [6, 6.07) is 4.23. The standard InChI is InChI=1S/C13H11N3O4/c17-8-2-1-6(3-9(8)18)7-4-10(19)16-12-11(7)13(20)15-5-14-12/h1-3,5,7,17-18H,4H2,(H2,14,15,16,19,20). The Bertz CT molecular complexity index is 754. The topological polar surface area (TPSA) is 115 Å². The van der Waals surface area contributed by atoms with Crippen molar-refractivity contribution in [2.45, 2.75) is 12.3 Å². The third-order valence-corrected chi connectivity index (χ3v) is 3.29. The molecular weight excluding hydrogens is 262 g/mol. The smallest absolute Gasteiger partial charge is 0.256 e. The van der Waals surface area contributed by atoms with Gasteiger partial charge in [0.05, 0.1) is 11.9 Å². The van der Waals surface area contributed by atoms with E-state index >= 15 is 0 Å². The van der Waals surface area contributed by atoms with E-state index in [0.717, 1.165) is 0 Å². The van der Waals surface area contributed by atoms with E-state index in [2.05, 4.69) is 15.3 Å². The fourth-order valence-corrected chi connectivity index (χ4v) is 2.35. The number of anilines is 1. The van der Waals surface area contributed by atoms with E-state index in [-0.39, 0.29) is 35.2 Å². The Morgan fingerprint density at radius 2 is 2.00 bits per heavy atom. The molecule has 3 rings (SSSR count). The molecule has 4 N–H and O–H groups in total. The molecule has 2 heterocycles. The summed E-state index contributed by atoms with van der Waals surface area (Å²) in [5, 5.41) is 21.4. The average Bonchev–Trinajstić information content (AvgIpc) is 2.41. The predicted octanol–water partition coefficient (Wildman–Crippen LogP) is 0.655. The van der Waals surface area contributed by atoms with Crippen molar-refractivity contribution in [2.75, 3.05) is 5.32 Å². The summed E-state index contributed by atoms with van der Waals surface area (Å²) in [5.41, 5.74) is 0.569. The molecule has 1 aliphatic rings. The molecule has 1 unspecified atom stereocenters. The van der Waals surface area contributed by atoms with Gasteiger partial charge in [-0.2, -0.15) is 0 Å². The monoisotopic (exact) mass is 273 g/mol. The van der Waals surface area contributed by atoms with Crippen molar-refractivity contribution in [1.29, 1.82) is 0 Å². The van der Waals surface area contributed by atoms with Gasteiger partial charge in [-0.1, -0.05) is 6.07 Å². The van der Waals surface area contributed by atoms with Crippen molar-refractivity contribution in [3.8, 4) is 11.5 Å². The molecule has 102 valence electrons. The number of H-pyrrole nitrogens is 1. The number of benzene rings is 1. The SMILES string of the molecule is O=C1CC(c2ccc(O)c(O)c2)c2c(nc[nH]c2=O)N1. The first-order valence-corrected chi connectivity index (χ1v) is 5.95. The third kappa shape index (κ3) is 1.89. The minimum atomic E-state index is -0.511. The fraction of sp³-hybridized carbons (Fsp3) is 0.154. The number of hydrogen-bond donors (Lipinski definition) is 4. The van der Waals surface area contributed by atoms with Crippen LogP contribution in [0.15, 0.2) is 29.3 Å². The predicted molar refractivity (Wildman–Crippen MR) is 69.7 cm³/mol. The zero-order valence-corrected chi connectivity index (χ0v) is 10.3. The lowest BCUT2D eigenvalue weighted by atomic mass is 9.86. The maximum atomic E-state index is 11.9. The number of rotatable bonds is 1. The highest BCUT2D eigenvalue weighted by Gasteiger charge is 2.30. The molecule has 0 radical (unpaired) electrons. The van der Waals surface area contributed by atoms with Crippen LogP contribution in [0.2, 0.25) is 0 Å². The first-order chi connectivity index (χ1) is 9.56. The van der Waals surface area contributed by atoms with Crippen molar-refractivity contribution < 1.29 is 15.0 Å². The van der Waals surface area contributed by atoms with Crippen molar-refractivity contribution >= 4 is 11.7 Å². The lowest BCUT2D eigenvalue weighted by molar-refractivity contribution is -0.116. The fourth-order valence-electron chi connectivity index (χ4n) is 2.35. The lowest BCUT2D eigenvalue weighted by Crippen LogP contribution is -2.30. The molecule has 0 bridgehead atoms. The summed E-state index contributed by atoms with van der Waals surface area (Å²) in [5.74, 6) is -1.09. The quantitative estimate of drug-likeness (QED) is 0.569. The summed E-state index contributed by atoms with van der Waals surface area (Å²) in [6.45, 7) is 0. The molecule has 0 saturated carbocycles. The van der Waals surface area contributed by atoms with Gasteiger partial charge in [-0.25, -0.2) is 4.98 Å². The Balaban J connectivity index is 2.17. The molecule has 0 spiro atoms. The third-order valence-electron chi connectivity index (χ3n) is 3.29. The number of carbonyl (C=O) groups is 1. The maximum Gasteiger partial charge on any atom is 0.256 e. The van der Waals surface area contributed by atoms with Gasteiger partial charge in [-0.05, 0) is 17.7 Å². The Morgan fingerprint density at radius 1 is 1.20 bits per heavy atom. The first kappa shape index (κ1) is 12.2. The van der Waals surface area contributed by atoms with Gasteiger partial charge in [0.15, 0.2) is 11.5 Å². The summed E-state index contributed by atoms with van der Waals surface area (Å²) >= 11 is 0. The molecule has 1 aromatic carbocycles.